The molecule has 1 rings (SSSR count). The van der Waals surface area contributed by atoms with Crippen molar-refractivity contribution in [1.29, 1.82) is 0 Å². The number of hydrogen-bond acceptors (Lipinski definition) is 24. The third kappa shape index (κ3) is 50.0. The lowest BCUT2D eigenvalue weighted by Crippen LogP contribution is -2.48. The molecule has 5 atom stereocenters. The number of amides is 2. The lowest BCUT2D eigenvalue weighted by Gasteiger charge is -2.26. The molecule has 90 heavy (non-hydrogen) atoms. The second kappa shape index (κ2) is 60.4. The fourth-order valence-electron chi connectivity index (χ4n) is 8.54. The SMILES string of the molecule is CC[C@H](C)[C@@H]1NC(=O)CCC(=O)CSC[C@@H](C(=O)CN(C)[C@H](C=O)CCCN=C(N)N)NCC(=O)[C@H](CCCCNC(=O)CCOCCOCCOCCOCCOCCOCCOCCOCCOCCOCCOCCOCCCC(=O)CBr)CCC1=O. The van der Waals surface area contributed by atoms with Crippen LogP contribution in [0.25, 0.3) is 0 Å². The van der Waals surface area contributed by atoms with Crippen LogP contribution in [0.3, 0.4) is 0 Å². The number of nitrogens with one attached hydrogen (secondary N) is 3. The van der Waals surface area contributed by atoms with Crippen molar-refractivity contribution >= 4 is 80.7 Å². The molecule has 1 aliphatic rings. The van der Waals surface area contributed by atoms with Gasteiger partial charge in [-0.1, -0.05) is 42.6 Å². The number of likely N-dealkylation sites (N-methyl/N-ethyl adjacent to an activating group) is 1. The zero-order valence-corrected chi connectivity index (χ0v) is 56.5. The van der Waals surface area contributed by atoms with Gasteiger partial charge >= 0.3 is 0 Å². The molecule has 27 nitrogen and oxygen atoms in total. The maximum Gasteiger partial charge on any atom is 0.222 e. The van der Waals surface area contributed by atoms with Crippen molar-refractivity contribution in [3.05, 3.63) is 0 Å². The maximum absolute atomic E-state index is 14.0. The molecule has 0 aliphatic carbocycles. The van der Waals surface area contributed by atoms with Crippen LogP contribution >= 0.6 is 27.7 Å². The van der Waals surface area contributed by atoms with Crippen molar-refractivity contribution in [2.75, 3.05) is 209 Å². The van der Waals surface area contributed by atoms with Gasteiger partial charge in [0.25, 0.3) is 0 Å². The Balaban J connectivity index is 2.19. The second-order valence-electron chi connectivity index (χ2n) is 21.3. The summed E-state index contributed by atoms with van der Waals surface area (Å²) in [6, 6.07) is -2.16. The number of Topliss-reactive ketones (excluding diaryl/α,β-unsaturated/α-hetero) is 5. The van der Waals surface area contributed by atoms with E-state index in [-0.39, 0.29) is 110 Å². The van der Waals surface area contributed by atoms with Crippen LogP contribution in [0.4, 0.5) is 0 Å². The van der Waals surface area contributed by atoms with Crippen LogP contribution in [0, 0.1) is 11.8 Å². The molecule has 0 radical (unpaired) electrons. The third-order valence-corrected chi connectivity index (χ3v) is 15.7. The first-order valence-electron chi connectivity index (χ1n) is 31.9. The average Bonchev–Trinajstić information content (AvgIpc) is 2.66. The van der Waals surface area contributed by atoms with Crippen molar-refractivity contribution in [3.8, 4) is 0 Å². The molecule has 1 saturated heterocycles. The summed E-state index contributed by atoms with van der Waals surface area (Å²) in [5.41, 5.74) is 10.8. The summed E-state index contributed by atoms with van der Waals surface area (Å²) in [6.07, 6.45) is 5.52. The second-order valence-corrected chi connectivity index (χ2v) is 22.9. The van der Waals surface area contributed by atoms with E-state index in [1.807, 2.05) is 13.8 Å². The van der Waals surface area contributed by atoms with E-state index in [1.54, 1.807) is 11.9 Å². The molecule has 0 aromatic rings. The van der Waals surface area contributed by atoms with Gasteiger partial charge in [0.15, 0.2) is 17.5 Å². The van der Waals surface area contributed by atoms with Crippen LogP contribution in [-0.4, -0.2) is 285 Å². The number of hydrogen-bond donors (Lipinski definition) is 5. The minimum absolute atomic E-state index is 0.0190. The molecule has 0 saturated carbocycles. The Morgan fingerprint density at radius 3 is 1.62 bits per heavy atom. The summed E-state index contributed by atoms with van der Waals surface area (Å²) in [7, 11) is 1.66. The zero-order valence-electron chi connectivity index (χ0n) is 54.1. The highest BCUT2D eigenvalue weighted by Gasteiger charge is 2.30. The lowest BCUT2D eigenvalue weighted by atomic mass is 9.87. The minimum Gasteiger partial charge on any atom is -0.379 e. The van der Waals surface area contributed by atoms with Gasteiger partial charge in [0.05, 0.1) is 194 Å². The number of ketones is 5. The molecule has 522 valence electrons. The predicted octanol–water partition coefficient (Wildman–Crippen LogP) is 1.85. The van der Waals surface area contributed by atoms with E-state index < -0.39 is 30.0 Å². The molecule has 1 fully saturated rings. The van der Waals surface area contributed by atoms with Crippen molar-refractivity contribution < 1.29 is 95.2 Å². The van der Waals surface area contributed by atoms with Crippen LogP contribution in [0.15, 0.2) is 4.99 Å². The molecule has 0 aromatic carbocycles. The Morgan fingerprint density at radius 2 is 1.16 bits per heavy atom. The summed E-state index contributed by atoms with van der Waals surface area (Å²) in [6.45, 7) is 14.7. The number of carbonyl (C=O) groups excluding carboxylic acids is 8. The smallest absolute Gasteiger partial charge is 0.222 e. The number of guanidine groups is 1. The molecule has 1 heterocycles. The van der Waals surface area contributed by atoms with Crippen LogP contribution in [-0.2, 0) is 95.2 Å². The molecule has 7 N–H and O–H groups in total. The number of thioether (sulfide) groups is 1. The third-order valence-electron chi connectivity index (χ3n) is 14.0. The van der Waals surface area contributed by atoms with Crippen molar-refractivity contribution in [2.45, 2.75) is 115 Å². The predicted molar refractivity (Wildman–Crippen MR) is 344 cm³/mol. The number of unbranched alkanes of at least 4 members (excludes halogenated alkanes) is 1. The van der Waals surface area contributed by atoms with Gasteiger partial charge in [-0.05, 0) is 51.5 Å². The number of halogens is 1. The van der Waals surface area contributed by atoms with E-state index >= 15 is 0 Å². The highest BCUT2D eigenvalue weighted by atomic mass is 79.9. The van der Waals surface area contributed by atoms with E-state index in [1.165, 1.54) is 11.8 Å². The molecule has 0 spiro atoms. The average molecular weight is 1370 g/mol. The van der Waals surface area contributed by atoms with E-state index in [4.69, 9.17) is 68.3 Å². The van der Waals surface area contributed by atoms with Gasteiger partial charge in [0.2, 0.25) is 11.8 Å². The molecule has 1 aliphatic heterocycles. The number of nitrogens with two attached hydrogens (primary N) is 2. The summed E-state index contributed by atoms with van der Waals surface area (Å²) >= 11 is 4.37. The number of nitrogens with zero attached hydrogens (tertiary/aromatic N) is 2. The van der Waals surface area contributed by atoms with Crippen molar-refractivity contribution in [1.82, 2.24) is 20.9 Å². The number of ether oxygens (including phenoxy) is 12. The molecule has 0 bridgehead atoms. The molecule has 0 aromatic heterocycles. The molecule has 29 heteroatoms. The summed E-state index contributed by atoms with van der Waals surface area (Å²) in [5, 5.41) is 9.27. The largest absolute Gasteiger partial charge is 0.379 e. The van der Waals surface area contributed by atoms with Gasteiger partial charge in [-0.25, -0.2) is 0 Å². The number of aliphatic imine (C=N–C) groups is 1. The Labute approximate surface area is 546 Å². The first-order valence-corrected chi connectivity index (χ1v) is 34.2. The van der Waals surface area contributed by atoms with Gasteiger partial charge in [0.1, 0.15) is 23.6 Å². The summed E-state index contributed by atoms with van der Waals surface area (Å²) in [5.74, 6) is -1.75. The fourth-order valence-corrected chi connectivity index (χ4v) is 9.85. The zero-order chi connectivity index (χ0) is 65.9. The first-order chi connectivity index (χ1) is 43.7. The Kier molecular flexibility index (Phi) is 56.8. The Hall–Kier alpha value is -3.50. The van der Waals surface area contributed by atoms with Crippen molar-refractivity contribution in [2.24, 2.45) is 28.3 Å². The van der Waals surface area contributed by atoms with E-state index in [2.05, 4.69) is 36.9 Å². The monoisotopic (exact) mass is 1370 g/mol. The Bertz CT molecular complexity index is 1920. The van der Waals surface area contributed by atoms with Crippen molar-refractivity contribution in [3.63, 3.8) is 0 Å². The van der Waals surface area contributed by atoms with Crippen LogP contribution < -0.4 is 27.4 Å². The molecular weight excluding hydrogens is 1260 g/mol. The van der Waals surface area contributed by atoms with Crippen LogP contribution in [0.5, 0.6) is 0 Å². The van der Waals surface area contributed by atoms with Crippen LogP contribution in [0.1, 0.15) is 97.3 Å². The lowest BCUT2D eigenvalue weighted by molar-refractivity contribution is -0.130. The number of rotatable bonds is 57. The number of carbonyl (C=O) groups is 8. The summed E-state index contributed by atoms with van der Waals surface area (Å²) in [4.78, 5) is 109. The van der Waals surface area contributed by atoms with Gasteiger partial charge in [-0.2, -0.15) is 11.8 Å². The molecular formula is C61H110BrN7O20S. The first kappa shape index (κ1) is 84.5. The van der Waals surface area contributed by atoms with E-state index in [0.717, 1.165) is 12.7 Å². The van der Waals surface area contributed by atoms with E-state index in [0.29, 0.717) is 215 Å². The highest BCUT2D eigenvalue weighted by Crippen LogP contribution is 2.20. The topological polar surface area (TPSA) is 351 Å². The normalized spacial score (nSPS) is 17.2. The van der Waals surface area contributed by atoms with Crippen LogP contribution in [0.2, 0.25) is 0 Å². The van der Waals surface area contributed by atoms with Gasteiger partial charge < -0.3 is 83.7 Å². The highest BCUT2D eigenvalue weighted by molar-refractivity contribution is 9.09. The van der Waals surface area contributed by atoms with Gasteiger partial charge in [-0.3, -0.25) is 48.8 Å². The molecule has 0 unspecified atom stereocenters. The number of aldehydes is 1. The van der Waals surface area contributed by atoms with Gasteiger partial charge in [-0.15, -0.1) is 0 Å². The summed E-state index contributed by atoms with van der Waals surface area (Å²) < 4.78 is 66.1. The standard InChI is InChI=1S/C61H110BrN7O20S/c1-4-49(2)60-55(73)14-12-50(56(74)44-67-54(48-90-47-53(72)13-15-59(77)68-60)57(75)45-69(3)51(46-70)10-7-18-66-61(63)64)9-5-6-17-65-58(76)16-20-79-22-24-81-26-28-83-30-32-85-34-36-87-38-40-89-42-41-88-39-37-86-35-33-84-31-29-82-27-25-80-23-21-78-19-8-11-52(71)43-62/h46,49-51,54,60,67H,4-45,47-48H2,1-3H3,(H,65,76)(H,68,77)(H4,63,64,66)/t49-,50+,51-,54-,60-/m0/s1. The van der Waals surface area contributed by atoms with E-state index in [9.17, 15) is 38.4 Å². The quantitative estimate of drug-likeness (QED) is 0.0191. The Morgan fingerprint density at radius 1 is 0.667 bits per heavy atom. The minimum atomic E-state index is -0.827. The maximum atomic E-state index is 14.0. The fraction of sp³-hybridized carbons (Fsp3) is 0.852. The molecule has 2 amide bonds. The van der Waals surface area contributed by atoms with Gasteiger partial charge in [0, 0.05) is 63.5 Å². The number of alkyl halides is 1.